The third-order valence-corrected chi connectivity index (χ3v) is 10.3. The van der Waals surface area contributed by atoms with Gasteiger partial charge in [-0.3, -0.25) is 4.79 Å². The number of carbonyl (C=O) groups excluding carboxylic acids is 1. The molecule has 0 spiro atoms. The van der Waals surface area contributed by atoms with Crippen LogP contribution in [-0.4, -0.2) is 61.2 Å². The molecule has 0 radical (unpaired) electrons. The molecule has 0 saturated heterocycles. The van der Waals surface area contributed by atoms with Gasteiger partial charge in [-0.05, 0) is 87.6 Å². The largest absolute Gasteiger partial charge is 0.508 e. The number of pyridine rings is 2. The van der Waals surface area contributed by atoms with Gasteiger partial charge in [-0.25, -0.2) is 14.8 Å². The number of allylic oxidation sites excluding steroid dienone is 1. The molecule has 0 fully saturated rings. The summed E-state index contributed by atoms with van der Waals surface area (Å²) in [5.74, 6) is -1.73. The number of ether oxygens (including phenoxy) is 2. The highest BCUT2D eigenvalue weighted by Gasteiger charge is 2.48. The molecule has 288 valence electrons. The molecular formula is C42H46N4O9. The maximum absolute atomic E-state index is 13.8. The number of aliphatic hydroxyl groups is 2. The summed E-state index contributed by atoms with van der Waals surface area (Å²) >= 11 is 0. The van der Waals surface area contributed by atoms with Crippen molar-refractivity contribution in [1.82, 2.24) is 9.97 Å². The molecule has 0 aliphatic carbocycles. The van der Waals surface area contributed by atoms with Crippen LogP contribution in [0.15, 0.2) is 87.9 Å². The fraction of sp³-hybridized carbons (Fsp3) is 0.333. The summed E-state index contributed by atoms with van der Waals surface area (Å²) < 4.78 is 19.5. The van der Waals surface area contributed by atoms with E-state index in [4.69, 9.17) is 19.6 Å². The van der Waals surface area contributed by atoms with Crippen molar-refractivity contribution in [2.24, 2.45) is 0 Å². The van der Waals surface area contributed by atoms with Crippen LogP contribution in [0.5, 0.6) is 17.2 Å². The molecule has 1 aliphatic rings. The van der Waals surface area contributed by atoms with E-state index in [1.807, 2.05) is 26.0 Å². The van der Waals surface area contributed by atoms with E-state index < -0.39 is 53.9 Å². The minimum Gasteiger partial charge on any atom is -0.508 e. The number of nitrogens with two attached hydrogens (primary N) is 1. The molecule has 5 aromatic rings. The Hall–Kier alpha value is -5.92. The number of anilines is 2. The highest BCUT2D eigenvalue weighted by atomic mass is 16.6. The number of hydrogen-bond acceptors (Lipinski definition) is 13. The average Bonchev–Trinajstić information content (AvgIpc) is 3.17. The maximum Gasteiger partial charge on any atom is 0.333 e. The van der Waals surface area contributed by atoms with Gasteiger partial charge in [0.15, 0.2) is 5.43 Å². The lowest BCUT2D eigenvalue weighted by molar-refractivity contribution is -0.158. The van der Waals surface area contributed by atoms with Gasteiger partial charge in [-0.15, -0.1) is 0 Å². The second-order valence-corrected chi connectivity index (χ2v) is 14.0. The fourth-order valence-electron chi connectivity index (χ4n) is 7.23. The predicted molar refractivity (Wildman–Crippen MR) is 207 cm³/mol. The Morgan fingerprint density at radius 2 is 1.93 bits per heavy atom. The lowest BCUT2D eigenvalue weighted by atomic mass is 9.74. The Morgan fingerprint density at radius 1 is 1.13 bits per heavy atom. The highest BCUT2D eigenvalue weighted by molar-refractivity contribution is 5.92. The van der Waals surface area contributed by atoms with E-state index in [-0.39, 0.29) is 51.6 Å². The number of aliphatic hydroxyl groups excluding tert-OH is 2. The minimum atomic E-state index is -1.23. The summed E-state index contributed by atoms with van der Waals surface area (Å²) in [7, 11) is 0. The maximum atomic E-state index is 13.8. The number of phenolic OH excluding ortho intramolecular Hbond substituents is 2. The molecule has 4 heterocycles. The number of hydrogen-bond donors (Lipinski definition) is 6. The number of nitrogens with zero attached hydrogens (tertiary/aromatic N) is 2. The van der Waals surface area contributed by atoms with Gasteiger partial charge in [0.1, 0.15) is 63.9 Å². The molecule has 3 aromatic heterocycles. The zero-order chi connectivity index (χ0) is 39.4. The summed E-state index contributed by atoms with van der Waals surface area (Å²) in [4.78, 5) is 35.9. The zero-order valence-electron chi connectivity index (χ0n) is 31.2. The van der Waals surface area contributed by atoms with Crippen molar-refractivity contribution in [3.63, 3.8) is 0 Å². The standard InChI is InChI=1S/C42H46N4O9/c1-5-23(3)41(52)54-32-19-29-38(51)36-31(50)18-28(21-47)53-40(36)37(39(29)55-42(32,4)14-12-24-10-11-34(44-6-2)46-20-24)35(26-13-15-45-33(43)17-26)30(22-48)25-8-7-9-27(49)16-25/h5,7-11,13,15-18,20,30,32,35,47-49,51H,6,12,14,19,21-22H2,1-4H3,(H2,43,45)(H,44,46). The molecule has 0 bridgehead atoms. The van der Waals surface area contributed by atoms with Crippen LogP contribution in [-0.2, 0) is 29.0 Å². The molecule has 6 rings (SSSR count). The molecule has 13 heteroatoms. The summed E-state index contributed by atoms with van der Waals surface area (Å²) in [6.07, 6.45) is 4.72. The highest BCUT2D eigenvalue weighted by Crippen LogP contribution is 2.53. The van der Waals surface area contributed by atoms with Crippen molar-refractivity contribution >= 4 is 28.6 Å². The van der Waals surface area contributed by atoms with Crippen molar-refractivity contribution in [3.05, 3.63) is 122 Å². The van der Waals surface area contributed by atoms with E-state index in [1.54, 1.807) is 50.4 Å². The smallest absolute Gasteiger partial charge is 0.333 e. The second kappa shape index (κ2) is 16.2. The number of esters is 1. The summed E-state index contributed by atoms with van der Waals surface area (Å²) in [6.45, 7) is 6.83. The predicted octanol–water partition coefficient (Wildman–Crippen LogP) is 5.61. The fourth-order valence-corrected chi connectivity index (χ4v) is 7.23. The van der Waals surface area contributed by atoms with Gasteiger partial charge in [0.25, 0.3) is 0 Å². The number of nitrogen functional groups attached to an aromatic ring is 1. The van der Waals surface area contributed by atoms with Gasteiger partial charge >= 0.3 is 5.97 Å². The van der Waals surface area contributed by atoms with Crippen molar-refractivity contribution in [1.29, 1.82) is 0 Å². The summed E-state index contributed by atoms with van der Waals surface area (Å²) in [5.41, 5.74) is 7.15. The SMILES string of the molecule is CC=C(C)C(=O)OC1Cc2c(c(C(c3ccnc(N)c3)C(CO)c3cccc(O)c3)c3oc(CO)cc(=O)c3c2O)OC1(C)CCc1ccc(NCC)nc1. The Kier molecular flexibility index (Phi) is 11.4. The number of aromatic nitrogens is 2. The zero-order valence-corrected chi connectivity index (χ0v) is 31.2. The molecule has 0 amide bonds. The monoisotopic (exact) mass is 750 g/mol. The Bertz CT molecular complexity index is 2290. The number of aryl methyl sites for hydroxylation is 1. The number of benzene rings is 2. The number of nitrogens with one attached hydrogen (secondary N) is 1. The van der Waals surface area contributed by atoms with E-state index in [2.05, 4.69) is 15.3 Å². The number of fused-ring (bicyclic) bond motifs is 2. The van der Waals surface area contributed by atoms with Crippen LogP contribution in [0, 0.1) is 0 Å². The first-order valence-electron chi connectivity index (χ1n) is 18.2. The average molecular weight is 751 g/mol. The van der Waals surface area contributed by atoms with Crippen molar-refractivity contribution in [2.75, 3.05) is 24.2 Å². The minimum absolute atomic E-state index is 0.0338. The van der Waals surface area contributed by atoms with E-state index in [0.29, 0.717) is 29.5 Å². The first-order chi connectivity index (χ1) is 26.4. The second-order valence-electron chi connectivity index (χ2n) is 14.0. The molecule has 4 unspecified atom stereocenters. The van der Waals surface area contributed by atoms with Crippen molar-refractivity contribution in [3.8, 4) is 17.2 Å². The Morgan fingerprint density at radius 3 is 2.58 bits per heavy atom. The molecule has 2 aromatic carbocycles. The normalized spacial score (nSPS) is 17.9. The van der Waals surface area contributed by atoms with Crippen molar-refractivity contribution in [2.45, 2.75) is 77.1 Å². The van der Waals surface area contributed by atoms with Crippen LogP contribution < -0.4 is 21.2 Å². The van der Waals surface area contributed by atoms with E-state index in [9.17, 15) is 30.0 Å². The number of carbonyl (C=O) groups is 1. The quantitative estimate of drug-likeness (QED) is 0.0639. The van der Waals surface area contributed by atoms with Crippen molar-refractivity contribution < 1.29 is 39.1 Å². The van der Waals surface area contributed by atoms with Crippen LogP contribution >= 0.6 is 0 Å². The molecule has 13 nitrogen and oxygen atoms in total. The van der Waals surface area contributed by atoms with Gasteiger partial charge in [-0.1, -0.05) is 24.3 Å². The third-order valence-electron chi connectivity index (χ3n) is 10.3. The third kappa shape index (κ3) is 7.84. The number of rotatable bonds is 13. The topological polar surface area (TPSA) is 210 Å². The van der Waals surface area contributed by atoms with Crippen LogP contribution in [0.25, 0.3) is 11.0 Å². The van der Waals surface area contributed by atoms with Gasteiger partial charge in [0, 0.05) is 60.0 Å². The van der Waals surface area contributed by atoms with Crippen LogP contribution in [0.1, 0.15) is 79.5 Å². The molecule has 4 atom stereocenters. The van der Waals surface area contributed by atoms with Gasteiger partial charge < -0.3 is 45.4 Å². The van der Waals surface area contributed by atoms with Gasteiger partial charge in [0.05, 0.1) is 6.61 Å². The first kappa shape index (κ1) is 38.8. The van der Waals surface area contributed by atoms with Crippen LogP contribution in [0.3, 0.4) is 0 Å². The number of aromatic hydroxyl groups is 2. The molecule has 7 N–H and O–H groups in total. The molecule has 55 heavy (non-hydrogen) atoms. The van der Waals surface area contributed by atoms with E-state index in [0.717, 1.165) is 24.0 Å². The molecular weight excluding hydrogens is 704 g/mol. The molecule has 0 saturated carbocycles. The lowest BCUT2D eigenvalue weighted by Gasteiger charge is -2.44. The Balaban J connectivity index is 1.63. The van der Waals surface area contributed by atoms with Crippen LogP contribution in [0.2, 0.25) is 0 Å². The Labute approximate surface area is 318 Å². The van der Waals surface area contributed by atoms with E-state index in [1.165, 1.54) is 18.3 Å². The first-order valence-corrected chi connectivity index (χ1v) is 18.2. The van der Waals surface area contributed by atoms with Gasteiger partial charge in [-0.2, -0.15) is 0 Å². The number of phenols is 2. The molecule has 1 aliphatic heterocycles. The summed E-state index contributed by atoms with van der Waals surface area (Å²) in [6, 6.07) is 14.7. The summed E-state index contributed by atoms with van der Waals surface area (Å²) in [5, 5.41) is 46.9. The van der Waals surface area contributed by atoms with E-state index >= 15 is 0 Å². The van der Waals surface area contributed by atoms with Gasteiger partial charge in [0.2, 0.25) is 0 Å². The van der Waals surface area contributed by atoms with Crippen LogP contribution in [0.4, 0.5) is 11.6 Å². The lowest BCUT2D eigenvalue weighted by Crippen LogP contribution is -2.52.